The zero-order valence-electron chi connectivity index (χ0n) is 12.5. The Morgan fingerprint density at radius 3 is 2.95 bits per heavy atom. The summed E-state index contributed by atoms with van der Waals surface area (Å²) in [6.07, 6.45) is 8.45. The van der Waals surface area contributed by atoms with Crippen molar-refractivity contribution in [2.75, 3.05) is 6.61 Å². The van der Waals surface area contributed by atoms with Crippen molar-refractivity contribution in [1.29, 1.82) is 0 Å². The van der Waals surface area contributed by atoms with Gasteiger partial charge in [-0.1, -0.05) is 19.3 Å². The molecule has 3 N–H and O–H groups in total. The molecule has 0 spiro atoms. The topological polar surface area (TPSA) is 92.1 Å². The zero-order chi connectivity index (χ0) is 15.1. The molecule has 1 heterocycles. The highest BCUT2D eigenvalue weighted by atomic mass is 16.3. The van der Waals surface area contributed by atoms with Crippen LogP contribution >= 0.6 is 0 Å². The van der Waals surface area contributed by atoms with Crippen molar-refractivity contribution in [3.05, 3.63) is 12.7 Å². The molecule has 2 rings (SSSR count). The van der Waals surface area contributed by atoms with Gasteiger partial charge in [0.05, 0.1) is 6.54 Å². The summed E-state index contributed by atoms with van der Waals surface area (Å²) in [6, 6.07) is -0.144. The summed E-state index contributed by atoms with van der Waals surface area (Å²) in [5, 5.41) is 19.4. The molecular formula is C14H25N5O2. The molecule has 1 aromatic rings. The van der Waals surface area contributed by atoms with E-state index in [1.54, 1.807) is 11.0 Å². The number of carbonyl (C=O) groups is 1. The third-order valence-corrected chi connectivity index (χ3v) is 4.02. The van der Waals surface area contributed by atoms with Gasteiger partial charge in [-0.15, -0.1) is 0 Å². The van der Waals surface area contributed by atoms with E-state index in [4.69, 9.17) is 0 Å². The van der Waals surface area contributed by atoms with Crippen molar-refractivity contribution >= 4 is 6.03 Å². The predicted octanol–water partition coefficient (Wildman–Crippen LogP) is 0.907. The second-order valence-corrected chi connectivity index (χ2v) is 5.82. The Kier molecular flexibility index (Phi) is 5.98. The molecule has 1 aromatic heterocycles. The van der Waals surface area contributed by atoms with E-state index in [0.29, 0.717) is 6.54 Å². The number of aliphatic hydroxyl groups is 1. The Hall–Kier alpha value is -1.63. The second kappa shape index (κ2) is 7.97. The number of hydrogen-bond acceptors (Lipinski definition) is 4. The van der Waals surface area contributed by atoms with Gasteiger partial charge in [0, 0.05) is 24.6 Å². The average Bonchev–Trinajstić information content (AvgIpc) is 2.84. The van der Waals surface area contributed by atoms with Crippen LogP contribution in [0.4, 0.5) is 4.79 Å². The minimum absolute atomic E-state index is 0.0370. The van der Waals surface area contributed by atoms with E-state index in [1.807, 2.05) is 6.92 Å². The Balaban J connectivity index is 1.79. The van der Waals surface area contributed by atoms with Gasteiger partial charge in [-0.3, -0.25) is 4.68 Å². The molecule has 0 aliphatic heterocycles. The number of nitrogens with one attached hydrogen (secondary N) is 2. The maximum Gasteiger partial charge on any atom is 0.315 e. The van der Waals surface area contributed by atoms with Crippen molar-refractivity contribution in [3.8, 4) is 0 Å². The lowest BCUT2D eigenvalue weighted by atomic mass is 9.96. The molecule has 3 unspecified atom stereocenters. The molecule has 3 atom stereocenters. The number of rotatable bonds is 5. The molecule has 2 amide bonds. The first-order valence-electron chi connectivity index (χ1n) is 7.69. The summed E-state index contributed by atoms with van der Waals surface area (Å²) >= 11 is 0. The van der Waals surface area contributed by atoms with Crippen molar-refractivity contribution in [3.63, 3.8) is 0 Å². The summed E-state index contributed by atoms with van der Waals surface area (Å²) in [4.78, 5) is 15.9. The highest BCUT2D eigenvalue weighted by Gasteiger charge is 2.24. The quantitative estimate of drug-likeness (QED) is 0.704. The third kappa shape index (κ3) is 5.00. The Morgan fingerprint density at radius 1 is 1.43 bits per heavy atom. The number of aromatic nitrogens is 3. The maximum absolute atomic E-state index is 12.1. The number of carbonyl (C=O) groups excluding carboxylic acids is 1. The van der Waals surface area contributed by atoms with Crippen molar-refractivity contribution in [1.82, 2.24) is 25.4 Å². The monoisotopic (exact) mass is 295 g/mol. The van der Waals surface area contributed by atoms with Crippen LogP contribution in [0.25, 0.3) is 0 Å². The average molecular weight is 295 g/mol. The number of nitrogens with zero attached hydrogens (tertiary/aromatic N) is 3. The highest BCUT2D eigenvalue weighted by molar-refractivity contribution is 5.74. The van der Waals surface area contributed by atoms with Crippen molar-refractivity contribution in [2.45, 2.75) is 57.7 Å². The molecule has 0 bridgehead atoms. The molecule has 118 valence electrons. The lowest BCUT2D eigenvalue weighted by Gasteiger charge is -2.25. The molecule has 0 radical (unpaired) electrons. The van der Waals surface area contributed by atoms with Gasteiger partial charge in [-0.25, -0.2) is 9.78 Å². The Labute approximate surface area is 125 Å². The predicted molar refractivity (Wildman–Crippen MR) is 78.6 cm³/mol. The van der Waals surface area contributed by atoms with Crippen LogP contribution in [0, 0.1) is 5.92 Å². The molecule has 1 fully saturated rings. The molecule has 21 heavy (non-hydrogen) atoms. The van der Waals surface area contributed by atoms with E-state index < -0.39 is 0 Å². The van der Waals surface area contributed by atoms with Crippen LogP contribution in [0.15, 0.2) is 12.7 Å². The van der Waals surface area contributed by atoms with Crippen LogP contribution < -0.4 is 10.6 Å². The summed E-state index contributed by atoms with van der Waals surface area (Å²) in [6.45, 7) is 2.65. The summed E-state index contributed by atoms with van der Waals surface area (Å²) in [5.41, 5.74) is 0. The van der Waals surface area contributed by atoms with E-state index in [1.165, 1.54) is 12.7 Å². The molecule has 0 saturated heterocycles. The zero-order valence-corrected chi connectivity index (χ0v) is 12.5. The summed E-state index contributed by atoms with van der Waals surface area (Å²) in [5.74, 6) is 0.170. The van der Waals surface area contributed by atoms with Gasteiger partial charge in [0.15, 0.2) is 0 Å². The minimum atomic E-state index is -0.173. The maximum atomic E-state index is 12.1. The standard InChI is InChI=1S/C14H25N5O2/c1-11(7-19-10-15-9-16-19)17-14(21)18-13-6-4-2-3-5-12(13)8-20/h9-13,20H,2-8H2,1H3,(H2,17,18,21). The number of urea groups is 1. The number of amides is 2. The Morgan fingerprint density at radius 2 is 2.24 bits per heavy atom. The van der Waals surface area contributed by atoms with Crippen LogP contribution in [0.3, 0.4) is 0 Å². The van der Waals surface area contributed by atoms with Crippen LogP contribution in [0.2, 0.25) is 0 Å². The third-order valence-electron chi connectivity index (χ3n) is 4.02. The van der Waals surface area contributed by atoms with Gasteiger partial charge in [-0.05, 0) is 19.8 Å². The van der Waals surface area contributed by atoms with E-state index in [9.17, 15) is 9.90 Å². The van der Waals surface area contributed by atoms with Gasteiger partial charge in [0.25, 0.3) is 0 Å². The summed E-state index contributed by atoms with van der Waals surface area (Å²) in [7, 11) is 0. The van der Waals surface area contributed by atoms with Gasteiger partial charge in [0.1, 0.15) is 12.7 Å². The fraction of sp³-hybridized carbons (Fsp3) is 0.786. The molecule has 7 nitrogen and oxygen atoms in total. The van der Waals surface area contributed by atoms with E-state index >= 15 is 0 Å². The first-order valence-corrected chi connectivity index (χ1v) is 7.69. The smallest absolute Gasteiger partial charge is 0.315 e. The lowest BCUT2D eigenvalue weighted by Crippen LogP contribution is -2.49. The van der Waals surface area contributed by atoms with E-state index in [2.05, 4.69) is 20.7 Å². The molecule has 1 saturated carbocycles. The lowest BCUT2D eigenvalue weighted by molar-refractivity contribution is 0.178. The van der Waals surface area contributed by atoms with Gasteiger partial charge in [0.2, 0.25) is 0 Å². The van der Waals surface area contributed by atoms with Crippen LogP contribution in [-0.4, -0.2) is 44.6 Å². The highest BCUT2D eigenvalue weighted by Crippen LogP contribution is 2.23. The van der Waals surface area contributed by atoms with Crippen LogP contribution in [-0.2, 0) is 6.54 Å². The van der Waals surface area contributed by atoms with Crippen molar-refractivity contribution < 1.29 is 9.90 Å². The fourth-order valence-corrected chi connectivity index (χ4v) is 2.88. The SMILES string of the molecule is CC(Cn1cncn1)NC(=O)NC1CCCCCC1CO. The van der Waals surface area contributed by atoms with Crippen LogP contribution in [0.5, 0.6) is 0 Å². The minimum Gasteiger partial charge on any atom is -0.396 e. The number of hydrogen-bond donors (Lipinski definition) is 3. The van der Waals surface area contributed by atoms with E-state index in [0.717, 1.165) is 25.7 Å². The second-order valence-electron chi connectivity index (χ2n) is 5.82. The first kappa shape index (κ1) is 15.8. The van der Waals surface area contributed by atoms with Crippen LogP contribution in [0.1, 0.15) is 39.0 Å². The fourth-order valence-electron chi connectivity index (χ4n) is 2.88. The number of aliphatic hydroxyl groups excluding tert-OH is 1. The molecule has 1 aliphatic rings. The van der Waals surface area contributed by atoms with Gasteiger partial charge < -0.3 is 15.7 Å². The molecular weight excluding hydrogens is 270 g/mol. The first-order chi connectivity index (χ1) is 10.2. The molecule has 0 aromatic carbocycles. The van der Waals surface area contributed by atoms with E-state index in [-0.39, 0.29) is 30.6 Å². The molecule has 1 aliphatic carbocycles. The normalized spacial score (nSPS) is 24.1. The van der Waals surface area contributed by atoms with Gasteiger partial charge in [-0.2, -0.15) is 5.10 Å². The van der Waals surface area contributed by atoms with Crippen molar-refractivity contribution in [2.24, 2.45) is 5.92 Å². The Bertz CT molecular complexity index is 423. The largest absolute Gasteiger partial charge is 0.396 e. The molecule has 7 heteroatoms. The van der Waals surface area contributed by atoms with Gasteiger partial charge >= 0.3 is 6.03 Å². The summed E-state index contributed by atoms with van der Waals surface area (Å²) < 4.78 is 1.69.